The first kappa shape index (κ1) is 13.8. The largest absolute Gasteiger partial charge is 0.480 e. The Morgan fingerprint density at radius 1 is 1.26 bits per heavy atom. The van der Waals surface area contributed by atoms with Crippen LogP contribution in [0.4, 0.5) is 0 Å². The van der Waals surface area contributed by atoms with E-state index >= 15 is 0 Å². The molecule has 1 amide bonds. The smallest absolute Gasteiger partial charge is 0.317 e. The molecule has 0 aromatic carbocycles. The normalized spacial score (nSPS) is 16.4. The Morgan fingerprint density at radius 3 is 2.47 bits per heavy atom. The molecule has 1 saturated heterocycles. The lowest BCUT2D eigenvalue weighted by atomic mass is 10.2. The highest BCUT2D eigenvalue weighted by Gasteiger charge is 2.23. The Bertz CT molecular complexity index is 470. The molecular weight excluding hydrogens is 270 g/mol. The van der Waals surface area contributed by atoms with Gasteiger partial charge in [-0.15, -0.1) is 0 Å². The van der Waals surface area contributed by atoms with Gasteiger partial charge in [-0.2, -0.15) is 0 Å². The molecule has 0 atom stereocenters. The first-order valence-corrected chi connectivity index (χ1v) is 6.29. The number of aromatic nitrogens is 1. The van der Waals surface area contributed by atoms with E-state index in [9.17, 15) is 9.59 Å². The van der Waals surface area contributed by atoms with Gasteiger partial charge in [0.05, 0.1) is 12.1 Å². The molecule has 0 unspecified atom stereocenters. The summed E-state index contributed by atoms with van der Waals surface area (Å²) in [5.41, 5.74) is 0.496. The number of amides is 1. The van der Waals surface area contributed by atoms with E-state index in [1.807, 2.05) is 4.90 Å². The Kier molecular flexibility index (Phi) is 4.34. The molecule has 7 heteroatoms. The van der Waals surface area contributed by atoms with Gasteiger partial charge < -0.3 is 10.0 Å². The molecule has 102 valence electrons. The Labute approximate surface area is 115 Å². The number of carbonyl (C=O) groups is 2. The van der Waals surface area contributed by atoms with Crippen LogP contribution in [-0.4, -0.2) is 64.5 Å². The standard InChI is InChI=1S/C12H14ClN3O3/c13-10-2-1-9(7-14-10)12(19)16-5-3-15(4-6-16)8-11(17)18/h1-2,7H,3-6,8H2,(H,17,18). The van der Waals surface area contributed by atoms with Crippen molar-refractivity contribution in [2.75, 3.05) is 32.7 Å². The van der Waals surface area contributed by atoms with E-state index in [2.05, 4.69) is 4.98 Å². The van der Waals surface area contributed by atoms with Crippen molar-refractivity contribution in [2.24, 2.45) is 0 Å². The Hall–Kier alpha value is -1.66. The van der Waals surface area contributed by atoms with Crippen LogP contribution in [-0.2, 0) is 4.79 Å². The van der Waals surface area contributed by atoms with Gasteiger partial charge in [-0.05, 0) is 12.1 Å². The first-order valence-electron chi connectivity index (χ1n) is 5.91. The number of carboxylic acid groups (broad SMARTS) is 1. The summed E-state index contributed by atoms with van der Waals surface area (Å²) >= 11 is 5.67. The van der Waals surface area contributed by atoms with E-state index in [1.54, 1.807) is 17.0 Å². The maximum absolute atomic E-state index is 12.1. The maximum Gasteiger partial charge on any atom is 0.317 e. The van der Waals surface area contributed by atoms with Gasteiger partial charge in [0.25, 0.3) is 5.91 Å². The van der Waals surface area contributed by atoms with E-state index < -0.39 is 5.97 Å². The van der Waals surface area contributed by atoms with Crippen LogP contribution in [0, 0.1) is 0 Å². The minimum atomic E-state index is -0.846. The molecule has 0 radical (unpaired) electrons. The van der Waals surface area contributed by atoms with Gasteiger partial charge in [-0.1, -0.05) is 11.6 Å². The molecule has 1 aliphatic rings. The van der Waals surface area contributed by atoms with Crippen LogP contribution in [0.2, 0.25) is 5.15 Å². The molecule has 1 aromatic rings. The van der Waals surface area contributed by atoms with Gasteiger partial charge in [0.1, 0.15) is 5.15 Å². The topological polar surface area (TPSA) is 73.7 Å². The Balaban J connectivity index is 1.92. The number of aliphatic carboxylic acids is 1. The van der Waals surface area contributed by atoms with Crippen LogP contribution < -0.4 is 0 Å². The van der Waals surface area contributed by atoms with Crippen molar-refractivity contribution in [2.45, 2.75) is 0 Å². The van der Waals surface area contributed by atoms with Gasteiger partial charge in [-0.25, -0.2) is 4.98 Å². The van der Waals surface area contributed by atoms with Crippen molar-refractivity contribution >= 4 is 23.5 Å². The van der Waals surface area contributed by atoms with E-state index in [0.29, 0.717) is 36.9 Å². The van der Waals surface area contributed by atoms with E-state index in [-0.39, 0.29) is 12.5 Å². The number of nitrogens with zero attached hydrogens (tertiary/aromatic N) is 3. The van der Waals surface area contributed by atoms with Gasteiger partial charge in [-0.3, -0.25) is 14.5 Å². The fraction of sp³-hybridized carbons (Fsp3) is 0.417. The second kappa shape index (κ2) is 5.99. The molecule has 2 heterocycles. The van der Waals surface area contributed by atoms with Gasteiger partial charge in [0, 0.05) is 32.4 Å². The molecule has 0 bridgehead atoms. The van der Waals surface area contributed by atoms with Crippen molar-refractivity contribution in [1.82, 2.24) is 14.8 Å². The number of halogens is 1. The number of carboxylic acids is 1. The number of hydrogen-bond acceptors (Lipinski definition) is 4. The van der Waals surface area contributed by atoms with Gasteiger partial charge in [0.15, 0.2) is 0 Å². The molecular formula is C12H14ClN3O3. The predicted octanol–water partition coefficient (Wildman–Crippen LogP) is 0.577. The zero-order valence-electron chi connectivity index (χ0n) is 10.3. The monoisotopic (exact) mass is 283 g/mol. The number of pyridine rings is 1. The van der Waals surface area contributed by atoms with Crippen LogP contribution in [0.3, 0.4) is 0 Å². The maximum atomic E-state index is 12.1. The minimum Gasteiger partial charge on any atom is -0.480 e. The fourth-order valence-electron chi connectivity index (χ4n) is 1.99. The third-order valence-electron chi connectivity index (χ3n) is 2.99. The molecule has 0 saturated carbocycles. The molecule has 2 rings (SSSR count). The third kappa shape index (κ3) is 3.65. The first-order chi connectivity index (χ1) is 9.06. The lowest BCUT2D eigenvalue weighted by Gasteiger charge is -2.33. The van der Waals surface area contributed by atoms with Crippen LogP contribution in [0.5, 0.6) is 0 Å². The number of rotatable bonds is 3. The van der Waals surface area contributed by atoms with Crippen molar-refractivity contribution in [3.63, 3.8) is 0 Å². The average molecular weight is 284 g/mol. The second-order valence-electron chi connectivity index (χ2n) is 4.33. The average Bonchev–Trinajstić information content (AvgIpc) is 2.39. The predicted molar refractivity (Wildman–Crippen MR) is 69.2 cm³/mol. The summed E-state index contributed by atoms with van der Waals surface area (Å²) in [4.78, 5) is 30.1. The quantitative estimate of drug-likeness (QED) is 0.822. The van der Waals surface area contributed by atoms with Crippen LogP contribution in [0.15, 0.2) is 18.3 Å². The van der Waals surface area contributed by atoms with Crippen LogP contribution >= 0.6 is 11.6 Å². The van der Waals surface area contributed by atoms with E-state index in [0.717, 1.165) is 0 Å². The van der Waals surface area contributed by atoms with E-state index in [4.69, 9.17) is 16.7 Å². The van der Waals surface area contributed by atoms with Gasteiger partial charge in [0.2, 0.25) is 0 Å². The van der Waals surface area contributed by atoms with Gasteiger partial charge >= 0.3 is 5.97 Å². The number of carbonyl (C=O) groups excluding carboxylic acids is 1. The highest BCUT2D eigenvalue weighted by Crippen LogP contribution is 2.10. The van der Waals surface area contributed by atoms with Crippen molar-refractivity contribution in [3.05, 3.63) is 29.0 Å². The lowest BCUT2D eigenvalue weighted by Crippen LogP contribution is -2.49. The van der Waals surface area contributed by atoms with Crippen molar-refractivity contribution < 1.29 is 14.7 Å². The molecule has 19 heavy (non-hydrogen) atoms. The summed E-state index contributed by atoms with van der Waals surface area (Å²) in [5.74, 6) is -0.944. The number of hydrogen-bond donors (Lipinski definition) is 1. The molecule has 6 nitrogen and oxygen atoms in total. The molecule has 1 aromatic heterocycles. The second-order valence-corrected chi connectivity index (χ2v) is 4.72. The molecule has 1 N–H and O–H groups in total. The third-order valence-corrected chi connectivity index (χ3v) is 3.22. The molecule has 0 aliphatic carbocycles. The van der Waals surface area contributed by atoms with Crippen LogP contribution in [0.25, 0.3) is 0 Å². The summed E-state index contributed by atoms with van der Waals surface area (Å²) in [7, 11) is 0. The SMILES string of the molecule is O=C(O)CN1CCN(C(=O)c2ccc(Cl)nc2)CC1. The summed E-state index contributed by atoms with van der Waals surface area (Å²) in [6, 6.07) is 3.22. The lowest BCUT2D eigenvalue weighted by molar-refractivity contribution is -0.138. The zero-order chi connectivity index (χ0) is 13.8. The highest BCUT2D eigenvalue weighted by atomic mass is 35.5. The molecule has 0 spiro atoms. The number of piperazine rings is 1. The van der Waals surface area contributed by atoms with E-state index in [1.165, 1.54) is 6.20 Å². The summed E-state index contributed by atoms with van der Waals surface area (Å²) in [6.45, 7) is 2.20. The Morgan fingerprint density at radius 2 is 1.95 bits per heavy atom. The summed E-state index contributed by atoms with van der Waals surface area (Å²) < 4.78 is 0. The van der Waals surface area contributed by atoms with Crippen molar-refractivity contribution in [1.29, 1.82) is 0 Å². The highest BCUT2D eigenvalue weighted by molar-refractivity contribution is 6.29. The minimum absolute atomic E-state index is 0.0184. The van der Waals surface area contributed by atoms with Crippen LogP contribution in [0.1, 0.15) is 10.4 Å². The molecule has 1 aliphatic heterocycles. The summed E-state index contributed by atoms with van der Waals surface area (Å²) in [6.07, 6.45) is 1.45. The van der Waals surface area contributed by atoms with Crippen molar-refractivity contribution in [3.8, 4) is 0 Å². The molecule has 1 fully saturated rings. The summed E-state index contributed by atoms with van der Waals surface area (Å²) in [5, 5.41) is 9.05. The fourth-order valence-corrected chi connectivity index (χ4v) is 2.10. The zero-order valence-corrected chi connectivity index (χ0v) is 11.0.